The summed E-state index contributed by atoms with van der Waals surface area (Å²) in [7, 11) is 0. The molecule has 2 aliphatic rings. The van der Waals surface area contributed by atoms with Gasteiger partial charge in [-0.25, -0.2) is 4.79 Å². The van der Waals surface area contributed by atoms with Gasteiger partial charge in [-0.05, 0) is 38.3 Å². The third-order valence-corrected chi connectivity index (χ3v) is 3.78. The smallest absolute Gasteiger partial charge is 0.355 e. The quantitative estimate of drug-likeness (QED) is 0.635. The summed E-state index contributed by atoms with van der Waals surface area (Å²) in [6.07, 6.45) is 0.557. The molecule has 0 radical (unpaired) electrons. The molecule has 2 aliphatic heterocycles. The van der Waals surface area contributed by atoms with Gasteiger partial charge in [-0.3, -0.25) is 9.69 Å². The van der Waals surface area contributed by atoms with Gasteiger partial charge >= 0.3 is 5.97 Å². The van der Waals surface area contributed by atoms with E-state index in [1.807, 2.05) is 51.1 Å². The molecule has 1 fully saturated rings. The predicted octanol–water partition coefficient (Wildman–Crippen LogP) is 2.41. The Morgan fingerprint density at radius 1 is 1.30 bits per heavy atom. The number of carbonyl (C=O) groups excluding carboxylic acids is 2. The minimum atomic E-state index is -0.607. The largest absolute Gasteiger partial charge is 0.455 e. The van der Waals surface area contributed by atoms with Crippen LogP contribution >= 0.6 is 0 Å². The third-order valence-electron chi connectivity index (χ3n) is 3.78. The fourth-order valence-corrected chi connectivity index (χ4v) is 2.77. The number of fused-ring (bicyclic) bond motifs is 1. The predicted molar refractivity (Wildman–Crippen MR) is 84.2 cm³/mol. The molecular weight excluding hydrogens is 294 g/mol. The summed E-state index contributed by atoms with van der Waals surface area (Å²) < 4.78 is 11.2. The summed E-state index contributed by atoms with van der Waals surface area (Å²) in [5.41, 5.74) is 1.61. The Hall–Kier alpha value is -2.14. The van der Waals surface area contributed by atoms with E-state index >= 15 is 0 Å². The Balaban J connectivity index is 1.93. The number of amides is 1. The van der Waals surface area contributed by atoms with Gasteiger partial charge in [0.15, 0.2) is 0 Å². The summed E-state index contributed by atoms with van der Waals surface area (Å²) in [6, 6.07) is 9.82. The van der Waals surface area contributed by atoms with Crippen LogP contribution in [0.1, 0.15) is 32.8 Å². The lowest BCUT2D eigenvalue weighted by molar-refractivity contribution is -0.179. The molecule has 0 bridgehead atoms. The molecular formula is C18H21NO4. The molecule has 23 heavy (non-hydrogen) atoms. The number of esters is 1. The van der Waals surface area contributed by atoms with E-state index in [0.29, 0.717) is 25.1 Å². The third kappa shape index (κ3) is 3.29. The SMILES string of the molecule is CC(C)(C)OC(=O)C1=C(Cc2ccccc2)COC2CC(=O)N12. The van der Waals surface area contributed by atoms with Crippen LogP contribution in [0.15, 0.2) is 41.6 Å². The van der Waals surface area contributed by atoms with Crippen molar-refractivity contribution >= 4 is 11.9 Å². The minimum Gasteiger partial charge on any atom is -0.455 e. The molecule has 0 aliphatic carbocycles. The lowest BCUT2D eigenvalue weighted by Gasteiger charge is -2.44. The zero-order chi connectivity index (χ0) is 16.6. The molecule has 5 heteroatoms. The average Bonchev–Trinajstić information content (AvgIpc) is 2.46. The van der Waals surface area contributed by atoms with Gasteiger partial charge in [0, 0.05) is 0 Å². The van der Waals surface area contributed by atoms with Crippen LogP contribution in [0.3, 0.4) is 0 Å². The summed E-state index contributed by atoms with van der Waals surface area (Å²) in [6.45, 7) is 5.79. The van der Waals surface area contributed by atoms with E-state index in [1.165, 1.54) is 4.90 Å². The molecule has 3 rings (SSSR count). The van der Waals surface area contributed by atoms with Crippen molar-refractivity contribution in [1.29, 1.82) is 0 Å². The van der Waals surface area contributed by atoms with Gasteiger partial charge in [0.2, 0.25) is 5.91 Å². The van der Waals surface area contributed by atoms with Crippen LogP contribution in [-0.2, 0) is 25.5 Å². The van der Waals surface area contributed by atoms with Crippen LogP contribution < -0.4 is 0 Å². The van der Waals surface area contributed by atoms with Gasteiger partial charge in [0.05, 0.1) is 13.0 Å². The highest BCUT2D eigenvalue weighted by Gasteiger charge is 2.46. The molecule has 1 unspecified atom stereocenters. The van der Waals surface area contributed by atoms with E-state index in [4.69, 9.17) is 9.47 Å². The number of benzene rings is 1. The maximum absolute atomic E-state index is 12.6. The van der Waals surface area contributed by atoms with Crippen LogP contribution in [0.5, 0.6) is 0 Å². The molecule has 1 saturated heterocycles. The second-order valence-corrected chi connectivity index (χ2v) is 6.85. The average molecular weight is 315 g/mol. The van der Waals surface area contributed by atoms with Crippen LogP contribution in [0, 0.1) is 0 Å². The van der Waals surface area contributed by atoms with E-state index in [1.54, 1.807) is 0 Å². The first-order chi connectivity index (χ1) is 10.8. The summed E-state index contributed by atoms with van der Waals surface area (Å²) in [5.74, 6) is -0.550. The zero-order valence-corrected chi connectivity index (χ0v) is 13.7. The van der Waals surface area contributed by atoms with Gasteiger partial charge in [-0.2, -0.15) is 0 Å². The monoisotopic (exact) mass is 315 g/mol. The van der Waals surface area contributed by atoms with Crippen molar-refractivity contribution < 1.29 is 19.1 Å². The Kier molecular flexibility index (Phi) is 3.98. The number of hydrogen-bond donors (Lipinski definition) is 0. The molecule has 1 aromatic rings. The maximum atomic E-state index is 12.6. The maximum Gasteiger partial charge on any atom is 0.355 e. The van der Waals surface area contributed by atoms with Gasteiger partial charge < -0.3 is 9.47 Å². The number of β-lactam (4-membered cyclic amide) rings is 1. The summed E-state index contributed by atoms with van der Waals surface area (Å²) in [5, 5.41) is 0. The number of hydrogen-bond acceptors (Lipinski definition) is 4. The topological polar surface area (TPSA) is 55.8 Å². The second kappa shape index (κ2) is 5.81. The molecule has 1 atom stereocenters. The zero-order valence-electron chi connectivity index (χ0n) is 13.7. The molecule has 1 amide bonds. The van der Waals surface area contributed by atoms with Crippen molar-refractivity contribution in [3.8, 4) is 0 Å². The number of rotatable bonds is 3. The van der Waals surface area contributed by atoms with Crippen molar-refractivity contribution in [2.45, 2.75) is 45.4 Å². The van der Waals surface area contributed by atoms with E-state index in [9.17, 15) is 9.59 Å². The fraction of sp³-hybridized carbons (Fsp3) is 0.444. The first-order valence-corrected chi connectivity index (χ1v) is 7.78. The summed E-state index contributed by atoms with van der Waals surface area (Å²) in [4.78, 5) is 26.0. The van der Waals surface area contributed by atoms with Crippen molar-refractivity contribution in [3.05, 3.63) is 47.2 Å². The lowest BCUT2D eigenvalue weighted by Crippen LogP contribution is -2.58. The normalized spacial score (nSPS) is 20.9. The lowest BCUT2D eigenvalue weighted by atomic mass is 9.98. The fourth-order valence-electron chi connectivity index (χ4n) is 2.77. The van der Waals surface area contributed by atoms with Crippen LogP contribution in [-0.4, -0.2) is 35.2 Å². The number of nitrogens with zero attached hydrogens (tertiary/aromatic N) is 1. The molecule has 0 saturated carbocycles. The van der Waals surface area contributed by atoms with E-state index in [0.717, 1.165) is 11.1 Å². The second-order valence-electron chi connectivity index (χ2n) is 6.85. The first-order valence-electron chi connectivity index (χ1n) is 7.78. The highest BCUT2D eigenvalue weighted by Crippen LogP contribution is 2.34. The van der Waals surface area contributed by atoms with Gasteiger partial charge in [0.1, 0.15) is 17.5 Å². The number of ether oxygens (including phenoxy) is 2. The Morgan fingerprint density at radius 3 is 2.61 bits per heavy atom. The van der Waals surface area contributed by atoms with Gasteiger partial charge in [-0.1, -0.05) is 30.3 Å². The van der Waals surface area contributed by atoms with Crippen LogP contribution in [0.25, 0.3) is 0 Å². The Bertz CT molecular complexity index is 657. The molecule has 1 aromatic carbocycles. The Morgan fingerprint density at radius 2 is 2.00 bits per heavy atom. The highest BCUT2D eigenvalue weighted by molar-refractivity contribution is 5.98. The van der Waals surface area contributed by atoms with Crippen LogP contribution in [0.2, 0.25) is 0 Å². The molecule has 122 valence electrons. The van der Waals surface area contributed by atoms with Crippen molar-refractivity contribution in [1.82, 2.24) is 4.90 Å². The van der Waals surface area contributed by atoms with Crippen LogP contribution in [0.4, 0.5) is 0 Å². The van der Waals surface area contributed by atoms with E-state index < -0.39 is 11.6 Å². The van der Waals surface area contributed by atoms with Crippen molar-refractivity contribution in [2.24, 2.45) is 0 Å². The van der Waals surface area contributed by atoms with Gasteiger partial charge in [0.25, 0.3) is 0 Å². The molecule has 0 aromatic heterocycles. The first kappa shape index (κ1) is 15.7. The standard InChI is InChI=1S/C18H21NO4/c1-18(2,3)23-17(21)16-13(9-12-7-5-4-6-8-12)11-22-15-10-14(20)19(15)16/h4-8,15H,9-11H2,1-3H3. The van der Waals surface area contributed by atoms with E-state index in [-0.39, 0.29) is 12.1 Å². The molecule has 2 heterocycles. The molecule has 5 nitrogen and oxygen atoms in total. The van der Waals surface area contributed by atoms with Crippen molar-refractivity contribution in [2.75, 3.05) is 6.61 Å². The minimum absolute atomic E-state index is 0.0962. The highest BCUT2D eigenvalue weighted by atomic mass is 16.6. The number of carbonyl (C=O) groups is 2. The summed E-state index contributed by atoms with van der Waals surface area (Å²) >= 11 is 0. The molecule has 0 N–H and O–H groups in total. The molecule has 0 spiro atoms. The van der Waals surface area contributed by atoms with E-state index in [2.05, 4.69) is 0 Å². The Labute approximate surface area is 135 Å². The van der Waals surface area contributed by atoms with Gasteiger partial charge in [-0.15, -0.1) is 0 Å². The van der Waals surface area contributed by atoms with Crippen molar-refractivity contribution in [3.63, 3.8) is 0 Å².